The van der Waals surface area contributed by atoms with E-state index < -0.39 is 18.5 Å². The number of para-hydroxylation sites is 2. The zero-order valence-electron chi connectivity index (χ0n) is 16.3. The van der Waals surface area contributed by atoms with Crippen molar-refractivity contribution in [3.63, 3.8) is 0 Å². The van der Waals surface area contributed by atoms with Crippen LogP contribution in [0.4, 0.5) is 22.7 Å². The fourth-order valence-electron chi connectivity index (χ4n) is 2.73. The van der Waals surface area contributed by atoms with Gasteiger partial charge >= 0.3 is 5.97 Å². The van der Waals surface area contributed by atoms with Crippen molar-refractivity contribution >= 4 is 40.5 Å². The molecule has 0 radical (unpaired) electrons. The van der Waals surface area contributed by atoms with Crippen molar-refractivity contribution in [2.45, 2.75) is 6.92 Å². The number of carbonyl (C=O) groups is 3. The van der Waals surface area contributed by atoms with Crippen LogP contribution in [0.3, 0.4) is 0 Å². The summed E-state index contributed by atoms with van der Waals surface area (Å²) < 4.78 is 5.17. The second-order valence-electron chi connectivity index (χ2n) is 6.42. The molecule has 3 aromatic carbocycles. The number of hydrogen-bond acceptors (Lipinski definition) is 5. The molecule has 0 heterocycles. The summed E-state index contributed by atoms with van der Waals surface area (Å²) in [5.74, 6) is -1.32. The summed E-state index contributed by atoms with van der Waals surface area (Å²) in [5.41, 5.74) is 2.76. The first-order chi connectivity index (χ1) is 14.5. The summed E-state index contributed by atoms with van der Waals surface area (Å²) in [5, 5.41) is 8.43. The Balaban J connectivity index is 1.59. The number of benzene rings is 3. The average Bonchev–Trinajstić information content (AvgIpc) is 2.73. The van der Waals surface area contributed by atoms with Gasteiger partial charge in [0.15, 0.2) is 6.61 Å². The highest BCUT2D eigenvalue weighted by molar-refractivity contribution is 5.99. The fourth-order valence-corrected chi connectivity index (χ4v) is 2.73. The molecule has 0 saturated carbocycles. The molecule has 30 heavy (non-hydrogen) atoms. The highest BCUT2D eigenvalue weighted by Gasteiger charge is 2.14. The van der Waals surface area contributed by atoms with Crippen LogP contribution in [-0.2, 0) is 14.3 Å². The minimum atomic E-state index is -0.615. The topological polar surface area (TPSA) is 96.5 Å². The van der Waals surface area contributed by atoms with E-state index in [0.29, 0.717) is 22.6 Å². The van der Waals surface area contributed by atoms with Crippen LogP contribution in [0.25, 0.3) is 0 Å². The van der Waals surface area contributed by atoms with Gasteiger partial charge in [-0.05, 0) is 42.5 Å². The van der Waals surface area contributed by atoms with Crippen LogP contribution in [0.15, 0.2) is 78.9 Å². The molecule has 0 aliphatic carbocycles. The maximum Gasteiger partial charge on any atom is 0.340 e. The van der Waals surface area contributed by atoms with Crippen molar-refractivity contribution in [2.24, 2.45) is 0 Å². The van der Waals surface area contributed by atoms with E-state index in [1.807, 2.05) is 30.3 Å². The van der Waals surface area contributed by atoms with Crippen LogP contribution in [-0.4, -0.2) is 24.4 Å². The molecule has 0 unspecified atom stereocenters. The number of hydrogen-bond donors (Lipinski definition) is 3. The predicted octanol–water partition coefficient (Wildman–Crippen LogP) is 4.18. The van der Waals surface area contributed by atoms with Crippen LogP contribution >= 0.6 is 0 Å². The lowest BCUT2D eigenvalue weighted by atomic mass is 10.1. The summed E-state index contributed by atoms with van der Waals surface area (Å²) in [7, 11) is 0. The summed E-state index contributed by atoms with van der Waals surface area (Å²) in [6.45, 7) is 0.956. The molecule has 0 atom stereocenters. The van der Waals surface area contributed by atoms with Crippen molar-refractivity contribution < 1.29 is 19.1 Å². The number of rotatable bonds is 7. The minimum absolute atomic E-state index is 0.213. The van der Waals surface area contributed by atoms with Crippen molar-refractivity contribution in [1.82, 2.24) is 0 Å². The molecule has 3 rings (SSSR count). The number of carbonyl (C=O) groups excluding carboxylic acids is 3. The Bertz CT molecular complexity index is 1050. The predicted molar refractivity (Wildman–Crippen MR) is 116 cm³/mol. The summed E-state index contributed by atoms with van der Waals surface area (Å²) in [4.78, 5) is 35.8. The molecule has 2 amide bonds. The molecule has 3 N–H and O–H groups in total. The minimum Gasteiger partial charge on any atom is -0.452 e. The van der Waals surface area contributed by atoms with E-state index in [1.54, 1.807) is 48.5 Å². The SMILES string of the molecule is CC(=O)Nc1cccc(NC(=O)COC(=O)c2ccccc2Nc2ccccc2)c1. The monoisotopic (exact) mass is 403 g/mol. The van der Waals surface area contributed by atoms with E-state index in [1.165, 1.54) is 6.92 Å². The van der Waals surface area contributed by atoms with E-state index in [0.717, 1.165) is 5.69 Å². The molecule has 0 bridgehead atoms. The number of ether oxygens (including phenoxy) is 1. The number of esters is 1. The van der Waals surface area contributed by atoms with Crippen molar-refractivity contribution in [3.05, 3.63) is 84.4 Å². The first-order valence-electron chi connectivity index (χ1n) is 9.27. The van der Waals surface area contributed by atoms with Gasteiger partial charge in [0.25, 0.3) is 5.91 Å². The zero-order valence-corrected chi connectivity index (χ0v) is 16.3. The first kappa shape index (κ1) is 20.6. The molecular weight excluding hydrogens is 382 g/mol. The van der Waals surface area contributed by atoms with Crippen molar-refractivity contribution in [2.75, 3.05) is 22.6 Å². The molecule has 0 aliphatic rings. The molecule has 7 nitrogen and oxygen atoms in total. The standard InChI is InChI=1S/C23H21N3O4/c1-16(27)24-18-10-7-11-19(14-18)26-22(28)15-30-23(29)20-12-5-6-13-21(20)25-17-8-3-2-4-9-17/h2-14,25H,15H2,1H3,(H,24,27)(H,26,28). The Morgan fingerprint density at radius 1 is 0.767 bits per heavy atom. The van der Waals surface area contributed by atoms with Gasteiger partial charge in [0.1, 0.15) is 0 Å². The van der Waals surface area contributed by atoms with Crippen LogP contribution in [0.5, 0.6) is 0 Å². The highest BCUT2D eigenvalue weighted by atomic mass is 16.5. The molecule has 0 aromatic heterocycles. The smallest absolute Gasteiger partial charge is 0.340 e. The molecule has 0 fully saturated rings. The largest absolute Gasteiger partial charge is 0.452 e. The van der Waals surface area contributed by atoms with Gasteiger partial charge in [-0.15, -0.1) is 0 Å². The third-order valence-electron chi connectivity index (χ3n) is 4.00. The van der Waals surface area contributed by atoms with E-state index in [9.17, 15) is 14.4 Å². The fraction of sp³-hybridized carbons (Fsp3) is 0.0870. The van der Waals surface area contributed by atoms with E-state index >= 15 is 0 Å². The van der Waals surface area contributed by atoms with E-state index in [4.69, 9.17) is 4.74 Å². The Hall–Kier alpha value is -4.13. The van der Waals surface area contributed by atoms with Gasteiger partial charge in [0, 0.05) is 24.0 Å². The second kappa shape index (κ2) is 9.88. The lowest BCUT2D eigenvalue weighted by Crippen LogP contribution is -2.21. The molecule has 3 aromatic rings. The molecule has 0 saturated heterocycles. The van der Waals surface area contributed by atoms with E-state index in [-0.39, 0.29) is 5.91 Å². The lowest BCUT2D eigenvalue weighted by molar-refractivity contribution is -0.119. The molecular formula is C23H21N3O4. The first-order valence-corrected chi connectivity index (χ1v) is 9.27. The average molecular weight is 403 g/mol. The number of amides is 2. The van der Waals surface area contributed by atoms with Crippen LogP contribution in [0.1, 0.15) is 17.3 Å². The number of nitrogens with one attached hydrogen (secondary N) is 3. The maximum absolute atomic E-state index is 12.5. The van der Waals surface area contributed by atoms with Crippen molar-refractivity contribution in [3.8, 4) is 0 Å². The lowest BCUT2D eigenvalue weighted by Gasteiger charge is -2.12. The Morgan fingerprint density at radius 3 is 2.13 bits per heavy atom. The van der Waals surface area contributed by atoms with Crippen LogP contribution in [0, 0.1) is 0 Å². The van der Waals surface area contributed by atoms with Gasteiger partial charge in [-0.25, -0.2) is 4.79 Å². The third kappa shape index (κ3) is 5.93. The molecule has 152 valence electrons. The zero-order chi connectivity index (χ0) is 21.3. The summed E-state index contributed by atoms with van der Waals surface area (Å²) in [6.07, 6.45) is 0. The number of anilines is 4. The summed E-state index contributed by atoms with van der Waals surface area (Å²) in [6, 6.07) is 23.0. The van der Waals surface area contributed by atoms with Gasteiger partial charge < -0.3 is 20.7 Å². The molecule has 0 spiro atoms. The van der Waals surface area contributed by atoms with Crippen LogP contribution < -0.4 is 16.0 Å². The van der Waals surface area contributed by atoms with Gasteiger partial charge in [-0.3, -0.25) is 9.59 Å². The molecule has 0 aliphatic heterocycles. The highest BCUT2D eigenvalue weighted by Crippen LogP contribution is 2.21. The van der Waals surface area contributed by atoms with Gasteiger partial charge in [0.2, 0.25) is 5.91 Å². The Morgan fingerprint density at radius 2 is 1.40 bits per heavy atom. The van der Waals surface area contributed by atoms with Crippen molar-refractivity contribution in [1.29, 1.82) is 0 Å². The van der Waals surface area contributed by atoms with E-state index in [2.05, 4.69) is 16.0 Å². The Kier molecular flexibility index (Phi) is 6.78. The van der Waals surface area contributed by atoms with Gasteiger partial charge in [-0.1, -0.05) is 36.4 Å². The third-order valence-corrected chi connectivity index (χ3v) is 4.00. The van der Waals surface area contributed by atoms with Gasteiger partial charge in [0.05, 0.1) is 11.3 Å². The summed E-state index contributed by atoms with van der Waals surface area (Å²) >= 11 is 0. The quantitative estimate of drug-likeness (QED) is 0.514. The second-order valence-corrected chi connectivity index (χ2v) is 6.42. The maximum atomic E-state index is 12.5. The molecule has 7 heteroatoms. The normalized spacial score (nSPS) is 10.0. The van der Waals surface area contributed by atoms with Crippen LogP contribution in [0.2, 0.25) is 0 Å². The Labute approximate surface area is 174 Å². The van der Waals surface area contributed by atoms with Gasteiger partial charge in [-0.2, -0.15) is 0 Å².